The van der Waals surface area contributed by atoms with Crippen LogP contribution in [0.1, 0.15) is 38.5 Å². The molecule has 0 atom stereocenters. The molecule has 1 aliphatic rings. The molecular weight excluding hydrogens is 290 g/mol. The van der Waals surface area contributed by atoms with Crippen molar-refractivity contribution in [1.29, 1.82) is 0 Å². The van der Waals surface area contributed by atoms with Crippen LogP contribution in [0.4, 0.5) is 0 Å². The van der Waals surface area contributed by atoms with Gasteiger partial charge in [0, 0.05) is 30.8 Å². The minimum Gasteiger partial charge on any atom is -0.361 e. The van der Waals surface area contributed by atoms with Gasteiger partial charge < -0.3 is 15.2 Å². The fourth-order valence-corrected chi connectivity index (χ4v) is 2.46. The first-order valence-electron chi connectivity index (χ1n) is 6.67. The first-order chi connectivity index (χ1) is 9.65. The van der Waals surface area contributed by atoms with E-state index >= 15 is 0 Å². The van der Waals surface area contributed by atoms with Crippen LogP contribution in [0, 0.1) is 13.8 Å². The molecule has 1 aromatic carbocycles. The summed E-state index contributed by atoms with van der Waals surface area (Å²) in [4.78, 5) is 12.2. The Labute approximate surface area is 129 Å². The second kappa shape index (κ2) is 6.28. The van der Waals surface area contributed by atoms with E-state index in [-0.39, 0.29) is 18.3 Å². The molecule has 0 spiro atoms. The zero-order valence-corrected chi connectivity index (χ0v) is 12.8. The van der Waals surface area contributed by atoms with Crippen LogP contribution in [0.15, 0.2) is 22.7 Å². The summed E-state index contributed by atoms with van der Waals surface area (Å²) in [7, 11) is 0. The van der Waals surface area contributed by atoms with Gasteiger partial charge >= 0.3 is 0 Å². The van der Waals surface area contributed by atoms with Gasteiger partial charge in [-0.05, 0) is 37.1 Å². The first-order valence-corrected chi connectivity index (χ1v) is 6.67. The average molecular weight is 308 g/mol. The summed E-state index contributed by atoms with van der Waals surface area (Å²) in [6, 6.07) is 5.84. The topological polar surface area (TPSA) is 67.2 Å². The maximum absolute atomic E-state index is 12.2. The quantitative estimate of drug-likeness (QED) is 0.912. The molecule has 0 fully saturated rings. The predicted octanol–water partition coefficient (Wildman–Crippen LogP) is 2.25. The third-order valence-electron chi connectivity index (χ3n) is 3.71. The van der Waals surface area contributed by atoms with Crippen LogP contribution in [-0.2, 0) is 19.6 Å². The van der Waals surface area contributed by atoms with E-state index in [1.54, 1.807) is 0 Å². The van der Waals surface area contributed by atoms with Gasteiger partial charge in [-0.2, -0.15) is 0 Å². The van der Waals surface area contributed by atoms with Gasteiger partial charge in [0.25, 0.3) is 5.91 Å². The Morgan fingerprint density at radius 1 is 1.33 bits per heavy atom. The summed E-state index contributed by atoms with van der Waals surface area (Å²) in [5.74, 6) is 0.681. The molecule has 2 N–H and O–H groups in total. The van der Waals surface area contributed by atoms with E-state index in [2.05, 4.69) is 15.8 Å². The third kappa shape index (κ3) is 3.09. The Kier molecular flexibility index (Phi) is 4.65. The van der Waals surface area contributed by atoms with Crippen molar-refractivity contribution in [3.8, 4) is 0 Å². The molecule has 1 amide bonds. The van der Waals surface area contributed by atoms with Crippen LogP contribution in [0.2, 0.25) is 0 Å². The van der Waals surface area contributed by atoms with Crippen molar-refractivity contribution >= 4 is 18.3 Å². The smallest absolute Gasteiger partial charge is 0.251 e. The number of amides is 1. The van der Waals surface area contributed by atoms with Crippen LogP contribution < -0.4 is 10.6 Å². The SMILES string of the molecule is Cc1noc(C)c1CNC(=O)c1ccc2c(c1)CNC2.Cl. The van der Waals surface area contributed by atoms with E-state index in [0.29, 0.717) is 12.1 Å². The summed E-state index contributed by atoms with van der Waals surface area (Å²) in [5, 5.41) is 10.1. The van der Waals surface area contributed by atoms with E-state index < -0.39 is 0 Å². The van der Waals surface area contributed by atoms with Crippen molar-refractivity contribution in [3.05, 3.63) is 51.9 Å². The monoisotopic (exact) mass is 307 g/mol. The van der Waals surface area contributed by atoms with E-state index in [4.69, 9.17) is 4.52 Å². The fourth-order valence-electron chi connectivity index (χ4n) is 2.46. The molecule has 1 aliphatic heterocycles. The van der Waals surface area contributed by atoms with Crippen molar-refractivity contribution in [3.63, 3.8) is 0 Å². The molecule has 5 nitrogen and oxygen atoms in total. The van der Waals surface area contributed by atoms with Crippen molar-refractivity contribution in [1.82, 2.24) is 15.8 Å². The number of hydrogen-bond donors (Lipinski definition) is 2. The Balaban J connectivity index is 0.00000161. The number of carbonyl (C=O) groups is 1. The summed E-state index contributed by atoms with van der Waals surface area (Å²) in [6.45, 7) is 5.88. The number of aromatic nitrogens is 1. The molecule has 0 bridgehead atoms. The van der Waals surface area contributed by atoms with E-state index in [1.807, 2.05) is 32.0 Å². The Morgan fingerprint density at radius 2 is 2.10 bits per heavy atom. The maximum atomic E-state index is 12.2. The molecule has 0 saturated carbocycles. The number of aryl methyl sites for hydroxylation is 2. The number of nitrogens with one attached hydrogen (secondary N) is 2. The second-order valence-corrected chi connectivity index (χ2v) is 5.07. The molecule has 0 unspecified atom stereocenters. The molecule has 1 aromatic heterocycles. The molecule has 0 radical (unpaired) electrons. The van der Waals surface area contributed by atoms with Crippen LogP contribution >= 0.6 is 12.4 Å². The molecule has 6 heteroatoms. The number of fused-ring (bicyclic) bond motifs is 1. The van der Waals surface area contributed by atoms with Gasteiger partial charge in [0.15, 0.2) is 0 Å². The number of hydrogen-bond acceptors (Lipinski definition) is 4. The van der Waals surface area contributed by atoms with Gasteiger partial charge in [0.2, 0.25) is 0 Å². The normalized spacial score (nSPS) is 12.7. The Bertz CT molecular complexity index is 647. The van der Waals surface area contributed by atoms with Gasteiger partial charge in [-0.15, -0.1) is 12.4 Å². The molecule has 112 valence electrons. The molecule has 3 rings (SSSR count). The second-order valence-electron chi connectivity index (χ2n) is 5.07. The largest absolute Gasteiger partial charge is 0.361 e. The molecule has 2 heterocycles. The van der Waals surface area contributed by atoms with Gasteiger partial charge in [-0.1, -0.05) is 11.2 Å². The summed E-state index contributed by atoms with van der Waals surface area (Å²) >= 11 is 0. The van der Waals surface area contributed by atoms with E-state index in [1.165, 1.54) is 11.1 Å². The highest BCUT2D eigenvalue weighted by Crippen LogP contribution is 2.17. The standard InChI is InChI=1S/C15H17N3O2.ClH/c1-9-14(10(2)20-18-9)8-17-15(19)11-3-4-12-6-16-7-13(12)5-11;/h3-5,16H,6-8H2,1-2H3,(H,17,19);1H. The zero-order chi connectivity index (χ0) is 14.1. The highest BCUT2D eigenvalue weighted by atomic mass is 35.5. The Morgan fingerprint density at radius 3 is 2.81 bits per heavy atom. The highest BCUT2D eigenvalue weighted by molar-refractivity contribution is 5.94. The van der Waals surface area contributed by atoms with Gasteiger partial charge in [0.1, 0.15) is 5.76 Å². The summed E-state index contributed by atoms with van der Waals surface area (Å²) in [6.07, 6.45) is 0. The van der Waals surface area contributed by atoms with Crippen molar-refractivity contribution in [2.45, 2.75) is 33.5 Å². The average Bonchev–Trinajstić information content (AvgIpc) is 3.03. The van der Waals surface area contributed by atoms with Crippen LogP contribution in [-0.4, -0.2) is 11.1 Å². The number of benzene rings is 1. The third-order valence-corrected chi connectivity index (χ3v) is 3.71. The molecule has 2 aromatic rings. The van der Waals surface area contributed by atoms with Crippen LogP contribution in [0.3, 0.4) is 0 Å². The molecule has 0 aliphatic carbocycles. The molecule has 0 saturated heterocycles. The number of halogens is 1. The van der Waals surface area contributed by atoms with Gasteiger partial charge in [-0.3, -0.25) is 4.79 Å². The number of rotatable bonds is 3. The highest BCUT2D eigenvalue weighted by Gasteiger charge is 2.15. The predicted molar refractivity (Wildman–Crippen MR) is 81.4 cm³/mol. The summed E-state index contributed by atoms with van der Waals surface area (Å²) < 4.78 is 5.08. The van der Waals surface area contributed by atoms with E-state index in [0.717, 1.165) is 30.1 Å². The number of nitrogens with zero attached hydrogens (tertiary/aromatic N) is 1. The van der Waals surface area contributed by atoms with Crippen LogP contribution in [0.5, 0.6) is 0 Å². The first kappa shape index (κ1) is 15.5. The molecule has 21 heavy (non-hydrogen) atoms. The van der Waals surface area contributed by atoms with E-state index in [9.17, 15) is 4.79 Å². The van der Waals surface area contributed by atoms with Crippen molar-refractivity contribution in [2.75, 3.05) is 0 Å². The number of carbonyl (C=O) groups excluding carboxylic acids is 1. The molecular formula is C15H18ClN3O2. The lowest BCUT2D eigenvalue weighted by Gasteiger charge is -2.06. The Hall–Kier alpha value is -1.85. The fraction of sp³-hybridized carbons (Fsp3) is 0.333. The minimum absolute atomic E-state index is 0. The maximum Gasteiger partial charge on any atom is 0.251 e. The van der Waals surface area contributed by atoms with Gasteiger partial charge in [0.05, 0.1) is 5.69 Å². The van der Waals surface area contributed by atoms with Gasteiger partial charge in [-0.25, -0.2) is 0 Å². The summed E-state index contributed by atoms with van der Waals surface area (Å²) in [5.41, 5.74) is 4.93. The zero-order valence-electron chi connectivity index (χ0n) is 12.0. The minimum atomic E-state index is -0.0697. The lowest BCUT2D eigenvalue weighted by Crippen LogP contribution is -2.23. The lowest BCUT2D eigenvalue weighted by atomic mass is 10.1. The van der Waals surface area contributed by atoms with Crippen LogP contribution in [0.25, 0.3) is 0 Å². The van der Waals surface area contributed by atoms with Crippen molar-refractivity contribution in [2.24, 2.45) is 0 Å². The lowest BCUT2D eigenvalue weighted by molar-refractivity contribution is 0.0950. The van der Waals surface area contributed by atoms with Crippen molar-refractivity contribution < 1.29 is 9.32 Å².